The lowest BCUT2D eigenvalue weighted by molar-refractivity contribution is 0.600. The number of aromatic amines is 1. The maximum absolute atomic E-state index is 11.8. The molecule has 0 amide bonds. The van der Waals surface area contributed by atoms with E-state index in [-0.39, 0.29) is 5.56 Å². The number of hydrogen-bond acceptors (Lipinski definition) is 2. The molecule has 0 bridgehead atoms. The number of hydrogen-bond donors (Lipinski definition) is 1. The SMILES string of the molecule is CCC(C)c1coc2cc(C)[nH]c(=O)c12. The summed E-state index contributed by atoms with van der Waals surface area (Å²) in [6, 6.07) is 1.86. The van der Waals surface area contributed by atoms with Crippen molar-refractivity contribution in [3.05, 3.63) is 33.9 Å². The van der Waals surface area contributed by atoms with Crippen LogP contribution in [0.15, 0.2) is 21.5 Å². The van der Waals surface area contributed by atoms with Gasteiger partial charge in [0, 0.05) is 17.3 Å². The quantitative estimate of drug-likeness (QED) is 0.819. The Balaban J connectivity index is 2.75. The monoisotopic (exact) mass is 205 g/mol. The zero-order valence-corrected chi connectivity index (χ0v) is 9.26. The van der Waals surface area contributed by atoms with E-state index in [1.165, 1.54) is 0 Å². The molecule has 0 fully saturated rings. The van der Waals surface area contributed by atoms with Gasteiger partial charge in [-0.3, -0.25) is 4.79 Å². The van der Waals surface area contributed by atoms with E-state index in [0.29, 0.717) is 16.9 Å². The van der Waals surface area contributed by atoms with Crippen LogP contribution in [-0.2, 0) is 0 Å². The van der Waals surface area contributed by atoms with Crippen LogP contribution in [-0.4, -0.2) is 4.98 Å². The lowest BCUT2D eigenvalue weighted by Crippen LogP contribution is -2.08. The largest absolute Gasteiger partial charge is 0.464 e. The number of pyridine rings is 1. The van der Waals surface area contributed by atoms with Crippen molar-refractivity contribution in [2.75, 3.05) is 0 Å². The zero-order chi connectivity index (χ0) is 11.0. The molecule has 2 aromatic heterocycles. The predicted molar refractivity (Wildman–Crippen MR) is 60.3 cm³/mol. The van der Waals surface area contributed by atoms with E-state index in [9.17, 15) is 4.79 Å². The van der Waals surface area contributed by atoms with Gasteiger partial charge < -0.3 is 9.40 Å². The summed E-state index contributed by atoms with van der Waals surface area (Å²) in [7, 11) is 0. The van der Waals surface area contributed by atoms with E-state index in [1.54, 1.807) is 6.26 Å². The van der Waals surface area contributed by atoms with E-state index >= 15 is 0 Å². The summed E-state index contributed by atoms with van der Waals surface area (Å²) < 4.78 is 5.41. The summed E-state index contributed by atoms with van der Waals surface area (Å²) >= 11 is 0. The topological polar surface area (TPSA) is 46.0 Å². The highest BCUT2D eigenvalue weighted by molar-refractivity contribution is 5.80. The number of furan rings is 1. The van der Waals surface area contributed by atoms with Gasteiger partial charge in [-0.05, 0) is 19.3 Å². The third-order valence-electron chi connectivity index (χ3n) is 2.88. The average molecular weight is 205 g/mol. The maximum Gasteiger partial charge on any atom is 0.259 e. The molecule has 1 unspecified atom stereocenters. The summed E-state index contributed by atoms with van der Waals surface area (Å²) in [5.74, 6) is 0.357. The molecule has 0 aliphatic rings. The minimum absolute atomic E-state index is 0.0472. The van der Waals surface area contributed by atoms with Crippen LogP contribution in [0.3, 0.4) is 0 Å². The highest BCUT2D eigenvalue weighted by atomic mass is 16.3. The molecule has 2 heterocycles. The molecule has 2 aromatic rings. The lowest BCUT2D eigenvalue weighted by atomic mass is 9.99. The summed E-state index contributed by atoms with van der Waals surface area (Å²) in [5.41, 5.74) is 2.48. The Labute approximate surface area is 88.1 Å². The van der Waals surface area contributed by atoms with Gasteiger partial charge in [0.05, 0.1) is 11.6 Å². The number of aryl methyl sites for hydroxylation is 1. The van der Waals surface area contributed by atoms with Crippen molar-refractivity contribution in [3.8, 4) is 0 Å². The van der Waals surface area contributed by atoms with Gasteiger partial charge in [-0.1, -0.05) is 13.8 Å². The zero-order valence-electron chi connectivity index (χ0n) is 9.26. The molecule has 0 aliphatic heterocycles. The van der Waals surface area contributed by atoms with Gasteiger partial charge in [-0.2, -0.15) is 0 Å². The molecule has 1 atom stereocenters. The van der Waals surface area contributed by atoms with Crippen LogP contribution in [0.2, 0.25) is 0 Å². The normalized spacial score (nSPS) is 13.3. The Kier molecular flexibility index (Phi) is 2.39. The Hall–Kier alpha value is -1.51. The second-order valence-electron chi connectivity index (χ2n) is 4.02. The van der Waals surface area contributed by atoms with Gasteiger partial charge in [-0.15, -0.1) is 0 Å². The van der Waals surface area contributed by atoms with Crippen LogP contribution < -0.4 is 5.56 Å². The maximum atomic E-state index is 11.8. The van der Waals surface area contributed by atoms with Crippen LogP contribution in [0, 0.1) is 6.92 Å². The van der Waals surface area contributed by atoms with Crippen molar-refractivity contribution in [2.45, 2.75) is 33.1 Å². The Morgan fingerprint density at radius 3 is 2.93 bits per heavy atom. The molecule has 0 radical (unpaired) electrons. The first-order chi connectivity index (χ1) is 7.13. The predicted octanol–water partition coefficient (Wildman–Crippen LogP) is 2.94. The molecule has 0 saturated heterocycles. The standard InChI is InChI=1S/C12H15NO2/c1-4-7(2)9-6-15-10-5-8(3)13-12(14)11(9)10/h5-7H,4H2,1-3H3,(H,13,14). The molecule has 1 N–H and O–H groups in total. The molecule has 3 heteroatoms. The van der Waals surface area contributed by atoms with Crippen LogP contribution in [0.4, 0.5) is 0 Å². The number of H-pyrrole nitrogens is 1. The van der Waals surface area contributed by atoms with Crippen molar-refractivity contribution in [1.82, 2.24) is 4.98 Å². The summed E-state index contributed by atoms with van der Waals surface area (Å²) in [6.07, 6.45) is 2.70. The Morgan fingerprint density at radius 1 is 1.53 bits per heavy atom. The molecule has 2 rings (SSSR count). The minimum Gasteiger partial charge on any atom is -0.464 e. The van der Waals surface area contributed by atoms with Crippen molar-refractivity contribution in [1.29, 1.82) is 0 Å². The lowest BCUT2D eigenvalue weighted by Gasteiger charge is -2.04. The van der Waals surface area contributed by atoms with Crippen molar-refractivity contribution >= 4 is 11.0 Å². The molecule has 3 nitrogen and oxygen atoms in total. The summed E-state index contributed by atoms with van der Waals surface area (Å²) in [4.78, 5) is 14.6. The molecular weight excluding hydrogens is 190 g/mol. The fourth-order valence-corrected chi connectivity index (χ4v) is 1.79. The van der Waals surface area contributed by atoms with Gasteiger partial charge in [0.25, 0.3) is 5.56 Å². The smallest absolute Gasteiger partial charge is 0.259 e. The van der Waals surface area contributed by atoms with Gasteiger partial charge in [0.1, 0.15) is 5.58 Å². The Bertz CT molecular complexity index is 536. The molecule has 0 saturated carbocycles. The van der Waals surface area contributed by atoms with Gasteiger partial charge in [0.2, 0.25) is 0 Å². The first-order valence-electron chi connectivity index (χ1n) is 5.24. The summed E-state index contributed by atoms with van der Waals surface area (Å²) in [6.45, 7) is 6.06. The highest BCUT2D eigenvalue weighted by Gasteiger charge is 2.14. The first-order valence-corrected chi connectivity index (χ1v) is 5.24. The molecular formula is C12H15NO2. The number of aromatic nitrogens is 1. The van der Waals surface area contributed by atoms with E-state index in [2.05, 4.69) is 18.8 Å². The fourth-order valence-electron chi connectivity index (χ4n) is 1.79. The Morgan fingerprint density at radius 2 is 2.27 bits per heavy atom. The molecule has 80 valence electrons. The third kappa shape index (κ3) is 1.58. The number of fused-ring (bicyclic) bond motifs is 1. The number of nitrogens with one attached hydrogen (secondary N) is 1. The van der Waals surface area contributed by atoms with Crippen LogP contribution in [0.25, 0.3) is 11.0 Å². The van der Waals surface area contributed by atoms with Crippen molar-refractivity contribution < 1.29 is 4.42 Å². The van der Waals surface area contributed by atoms with E-state index in [0.717, 1.165) is 17.7 Å². The highest BCUT2D eigenvalue weighted by Crippen LogP contribution is 2.26. The van der Waals surface area contributed by atoms with Crippen LogP contribution in [0.5, 0.6) is 0 Å². The van der Waals surface area contributed by atoms with E-state index in [1.807, 2.05) is 13.0 Å². The van der Waals surface area contributed by atoms with Gasteiger partial charge in [0.15, 0.2) is 0 Å². The average Bonchev–Trinajstić information content (AvgIpc) is 2.60. The molecule has 0 spiro atoms. The first kappa shape index (κ1) is 10.0. The fraction of sp³-hybridized carbons (Fsp3) is 0.417. The van der Waals surface area contributed by atoms with Gasteiger partial charge >= 0.3 is 0 Å². The third-order valence-corrected chi connectivity index (χ3v) is 2.88. The second kappa shape index (κ2) is 3.57. The van der Waals surface area contributed by atoms with Crippen LogP contribution in [0.1, 0.15) is 37.4 Å². The van der Waals surface area contributed by atoms with Crippen molar-refractivity contribution in [2.24, 2.45) is 0 Å². The molecule has 15 heavy (non-hydrogen) atoms. The van der Waals surface area contributed by atoms with Crippen molar-refractivity contribution in [3.63, 3.8) is 0 Å². The van der Waals surface area contributed by atoms with Crippen LogP contribution >= 0.6 is 0 Å². The number of rotatable bonds is 2. The van der Waals surface area contributed by atoms with E-state index < -0.39 is 0 Å². The summed E-state index contributed by atoms with van der Waals surface area (Å²) in [5, 5.41) is 0.704. The van der Waals surface area contributed by atoms with Gasteiger partial charge in [-0.25, -0.2) is 0 Å². The molecule has 0 aliphatic carbocycles. The molecule has 0 aromatic carbocycles. The van der Waals surface area contributed by atoms with E-state index in [4.69, 9.17) is 4.42 Å². The second-order valence-corrected chi connectivity index (χ2v) is 4.02. The minimum atomic E-state index is -0.0472.